The van der Waals surface area contributed by atoms with Gasteiger partial charge in [-0.1, -0.05) is 18.2 Å². The molecule has 1 heterocycles. The van der Waals surface area contributed by atoms with Crippen molar-refractivity contribution in [3.8, 4) is 0 Å². The van der Waals surface area contributed by atoms with Gasteiger partial charge < -0.3 is 15.4 Å². The number of benzene rings is 1. The molecule has 0 unspecified atom stereocenters. The Bertz CT molecular complexity index is 627. The third-order valence-corrected chi connectivity index (χ3v) is 3.00. The first-order valence-electron chi connectivity index (χ1n) is 6.77. The monoisotopic (exact) mass is 299 g/mol. The highest BCUT2D eigenvalue weighted by atomic mass is 16.5. The Morgan fingerprint density at radius 3 is 2.32 bits per heavy atom. The number of rotatable bonds is 5. The summed E-state index contributed by atoms with van der Waals surface area (Å²) in [5, 5.41) is 5.49. The van der Waals surface area contributed by atoms with Crippen LogP contribution in [0, 0.1) is 0 Å². The molecule has 0 radical (unpaired) electrons. The number of esters is 1. The van der Waals surface area contributed by atoms with E-state index in [2.05, 4.69) is 20.4 Å². The second kappa shape index (κ2) is 7.78. The van der Waals surface area contributed by atoms with Crippen LogP contribution in [0.25, 0.3) is 0 Å². The standard InChI is InChI=1S/C16H17N3O3/c1-22-15(20)14-6-4-12(5-7-14)10-18-16(21)19-11-13-3-2-8-17-9-13/h2-9H,10-11H2,1H3,(H2,18,19,21). The molecule has 2 amide bonds. The number of hydrogen-bond donors (Lipinski definition) is 2. The van der Waals surface area contributed by atoms with Crippen molar-refractivity contribution in [1.29, 1.82) is 0 Å². The fourth-order valence-corrected chi connectivity index (χ4v) is 1.81. The molecule has 0 spiro atoms. The predicted octanol–water partition coefficient (Wildman–Crippen LogP) is 1.87. The van der Waals surface area contributed by atoms with Crippen LogP contribution in [0.4, 0.5) is 4.79 Å². The maximum Gasteiger partial charge on any atom is 0.337 e. The van der Waals surface area contributed by atoms with E-state index in [9.17, 15) is 9.59 Å². The summed E-state index contributed by atoms with van der Waals surface area (Å²) < 4.78 is 4.62. The minimum absolute atomic E-state index is 0.263. The van der Waals surface area contributed by atoms with E-state index in [1.165, 1.54) is 7.11 Å². The molecule has 1 aromatic heterocycles. The Balaban J connectivity index is 1.77. The van der Waals surface area contributed by atoms with Crippen LogP contribution in [0.3, 0.4) is 0 Å². The maximum atomic E-state index is 11.7. The third-order valence-electron chi connectivity index (χ3n) is 3.00. The number of amides is 2. The number of aromatic nitrogens is 1. The molecule has 0 atom stereocenters. The summed E-state index contributed by atoms with van der Waals surface area (Å²) in [5.41, 5.74) is 2.30. The molecule has 2 N–H and O–H groups in total. The number of carbonyl (C=O) groups excluding carboxylic acids is 2. The first-order valence-corrected chi connectivity index (χ1v) is 6.77. The zero-order valence-corrected chi connectivity index (χ0v) is 12.2. The molecule has 1 aromatic carbocycles. The fourth-order valence-electron chi connectivity index (χ4n) is 1.81. The number of carbonyl (C=O) groups is 2. The summed E-state index contributed by atoms with van der Waals surface area (Å²) in [7, 11) is 1.34. The maximum absolute atomic E-state index is 11.7. The van der Waals surface area contributed by atoms with Crippen molar-refractivity contribution in [1.82, 2.24) is 15.6 Å². The van der Waals surface area contributed by atoms with E-state index in [0.29, 0.717) is 18.7 Å². The van der Waals surface area contributed by atoms with Crippen LogP contribution in [-0.2, 0) is 17.8 Å². The van der Waals surface area contributed by atoms with Crippen molar-refractivity contribution in [3.05, 3.63) is 65.5 Å². The van der Waals surface area contributed by atoms with E-state index in [-0.39, 0.29) is 12.0 Å². The zero-order chi connectivity index (χ0) is 15.8. The predicted molar refractivity (Wildman–Crippen MR) is 81.1 cm³/mol. The van der Waals surface area contributed by atoms with Crippen LogP contribution in [0.2, 0.25) is 0 Å². The Kier molecular flexibility index (Phi) is 5.48. The number of hydrogen-bond acceptors (Lipinski definition) is 4. The summed E-state index contributed by atoms with van der Waals surface area (Å²) in [6.45, 7) is 0.793. The molecule has 0 fully saturated rings. The first-order chi connectivity index (χ1) is 10.7. The highest BCUT2D eigenvalue weighted by Crippen LogP contribution is 2.05. The van der Waals surface area contributed by atoms with Gasteiger partial charge in [-0.15, -0.1) is 0 Å². The quantitative estimate of drug-likeness (QED) is 0.826. The van der Waals surface area contributed by atoms with Crippen LogP contribution in [0.15, 0.2) is 48.8 Å². The molecule has 0 aliphatic carbocycles. The normalized spacial score (nSPS) is 9.86. The van der Waals surface area contributed by atoms with Crippen molar-refractivity contribution in [2.24, 2.45) is 0 Å². The lowest BCUT2D eigenvalue weighted by Crippen LogP contribution is -2.34. The second-order valence-corrected chi connectivity index (χ2v) is 4.59. The van der Waals surface area contributed by atoms with Gasteiger partial charge in [0.1, 0.15) is 0 Å². The van der Waals surface area contributed by atoms with E-state index in [1.807, 2.05) is 12.1 Å². The highest BCUT2D eigenvalue weighted by Gasteiger charge is 2.05. The van der Waals surface area contributed by atoms with Gasteiger partial charge in [-0.25, -0.2) is 9.59 Å². The van der Waals surface area contributed by atoms with Gasteiger partial charge >= 0.3 is 12.0 Å². The largest absolute Gasteiger partial charge is 0.465 e. The number of urea groups is 1. The SMILES string of the molecule is COC(=O)c1ccc(CNC(=O)NCc2cccnc2)cc1. The van der Waals surface area contributed by atoms with Crippen LogP contribution < -0.4 is 10.6 Å². The van der Waals surface area contributed by atoms with E-state index in [1.54, 1.807) is 36.7 Å². The molecular weight excluding hydrogens is 282 g/mol. The van der Waals surface area contributed by atoms with Crippen molar-refractivity contribution in [2.45, 2.75) is 13.1 Å². The average Bonchev–Trinajstić information content (AvgIpc) is 2.58. The van der Waals surface area contributed by atoms with Crippen molar-refractivity contribution in [3.63, 3.8) is 0 Å². The van der Waals surface area contributed by atoms with Gasteiger partial charge in [-0.05, 0) is 29.3 Å². The lowest BCUT2D eigenvalue weighted by Gasteiger charge is -2.08. The lowest BCUT2D eigenvalue weighted by atomic mass is 10.1. The molecule has 0 saturated heterocycles. The number of ether oxygens (including phenoxy) is 1. The molecule has 0 saturated carbocycles. The molecule has 2 aromatic rings. The average molecular weight is 299 g/mol. The van der Waals surface area contributed by atoms with Crippen LogP contribution >= 0.6 is 0 Å². The smallest absolute Gasteiger partial charge is 0.337 e. The summed E-state index contributed by atoms with van der Waals surface area (Å²) in [6.07, 6.45) is 3.38. The topological polar surface area (TPSA) is 80.3 Å². The molecule has 0 aliphatic rings. The molecule has 6 nitrogen and oxygen atoms in total. The Morgan fingerprint density at radius 2 is 1.73 bits per heavy atom. The van der Waals surface area contributed by atoms with E-state index >= 15 is 0 Å². The van der Waals surface area contributed by atoms with E-state index in [0.717, 1.165) is 11.1 Å². The van der Waals surface area contributed by atoms with Crippen molar-refractivity contribution < 1.29 is 14.3 Å². The lowest BCUT2D eigenvalue weighted by molar-refractivity contribution is 0.0600. The summed E-state index contributed by atoms with van der Waals surface area (Å²) in [6, 6.07) is 10.3. The van der Waals surface area contributed by atoms with E-state index < -0.39 is 0 Å². The minimum atomic E-state index is -0.381. The number of nitrogens with one attached hydrogen (secondary N) is 2. The van der Waals surface area contributed by atoms with Crippen LogP contribution in [0.5, 0.6) is 0 Å². The van der Waals surface area contributed by atoms with Crippen molar-refractivity contribution >= 4 is 12.0 Å². The first kappa shape index (κ1) is 15.5. The molecule has 0 bridgehead atoms. The number of methoxy groups -OCH3 is 1. The van der Waals surface area contributed by atoms with Crippen molar-refractivity contribution in [2.75, 3.05) is 7.11 Å². The molecule has 114 valence electrons. The van der Waals surface area contributed by atoms with Gasteiger partial charge in [0.25, 0.3) is 0 Å². The van der Waals surface area contributed by atoms with Crippen LogP contribution in [-0.4, -0.2) is 24.1 Å². The molecule has 6 heteroatoms. The Hall–Kier alpha value is -2.89. The van der Waals surface area contributed by atoms with Gasteiger partial charge in [0.05, 0.1) is 12.7 Å². The highest BCUT2D eigenvalue weighted by molar-refractivity contribution is 5.89. The molecule has 22 heavy (non-hydrogen) atoms. The summed E-state index contributed by atoms with van der Waals surface area (Å²) >= 11 is 0. The van der Waals surface area contributed by atoms with Gasteiger partial charge in [0.15, 0.2) is 0 Å². The van der Waals surface area contributed by atoms with E-state index in [4.69, 9.17) is 0 Å². The summed E-state index contributed by atoms with van der Waals surface area (Å²) in [5.74, 6) is -0.381. The minimum Gasteiger partial charge on any atom is -0.465 e. The van der Waals surface area contributed by atoms with Gasteiger partial charge in [-0.2, -0.15) is 0 Å². The zero-order valence-electron chi connectivity index (χ0n) is 12.2. The van der Waals surface area contributed by atoms with Gasteiger partial charge in [0.2, 0.25) is 0 Å². The molecular formula is C16H17N3O3. The van der Waals surface area contributed by atoms with Gasteiger partial charge in [0, 0.05) is 25.5 Å². The molecule has 2 rings (SSSR count). The Labute approximate surface area is 128 Å². The Morgan fingerprint density at radius 1 is 1.05 bits per heavy atom. The second-order valence-electron chi connectivity index (χ2n) is 4.59. The van der Waals surface area contributed by atoms with Gasteiger partial charge in [-0.3, -0.25) is 4.98 Å². The number of pyridine rings is 1. The summed E-state index contributed by atoms with van der Waals surface area (Å²) in [4.78, 5) is 27.0. The third kappa shape index (κ3) is 4.59. The molecule has 0 aliphatic heterocycles. The number of nitrogens with zero attached hydrogens (tertiary/aromatic N) is 1. The van der Waals surface area contributed by atoms with Crippen LogP contribution in [0.1, 0.15) is 21.5 Å². The fraction of sp³-hybridized carbons (Fsp3) is 0.188.